The lowest BCUT2D eigenvalue weighted by molar-refractivity contribution is -0.126. The number of hydrazine groups is 1. The minimum atomic E-state index is -0.450. The van der Waals surface area contributed by atoms with Gasteiger partial charge in [0.05, 0.1) is 8.65 Å². The van der Waals surface area contributed by atoms with Gasteiger partial charge in [0.25, 0.3) is 0 Å². The van der Waals surface area contributed by atoms with E-state index in [2.05, 4.69) is 54.6 Å². The van der Waals surface area contributed by atoms with Gasteiger partial charge in [0.15, 0.2) is 5.11 Å². The molecule has 1 atom stereocenters. The van der Waals surface area contributed by atoms with E-state index in [1.807, 2.05) is 6.92 Å². The Balaban J connectivity index is 2.32. The molecule has 16 heavy (non-hydrogen) atoms. The zero-order valence-corrected chi connectivity index (χ0v) is 12.8. The first-order valence-corrected chi connectivity index (χ1v) is 6.66. The Labute approximate surface area is 117 Å². The number of rotatable bonds is 3. The maximum Gasteiger partial charge on any atom is 0.246 e. The van der Waals surface area contributed by atoms with Gasteiger partial charge >= 0.3 is 0 Å². The number of carbonyl (C=O) groups is 1. The molecular weight excluding hydrogens is 358 g/mol. The van der Waals surface area contributed by atoms with Gasteiger partial charge in [-0.1, -0.05) is 37.9 Å². The van der Waals surface area contributed by atoms with Gasteiger partial charge in [-0.05, 0) is 25.6 Å². The van der Waals surface area contributed by atoms with Crippen LogP contribution in [0.5, 0.6) is 0 Å². The van der Waals surface area contributed by atoms with Crippen LogP contribution in [0.2, 0.25) is 0 Å². The topological polar surface area (TPSA) is 53.2 Å². The number of alkyl halides is 2. The van der Waals surface area contributed by atoms with Crippen molar-refractivity contribution in [3.8, 4) is 0 Å². The molecule has 0 saturated heterocycles. The van der Waals surface area contributed by atoms with E-state index in [9.17, 15) is 4.79 Å². The predicted molar refractivity (Wildman–Crippen MR) is 75.4 cm³/mol. The average Bonchev–Trinajstić information content (AvgIpc) is 2.73. The average molecular weight is 371 g/mol. The maximum absolute atomic E-state index is 11.8. The number of halogens is 2. The second kappa shape index (κ2) is 5.01. The standard InChI is InChI=1S/C9H13Br2N3OS/c1-3-4-12-7(16)14-13-6(15)8(2)5-9(8,10)11/h3H,1,4-5H2,2H3,(H,13,15)(H2,12,14,16)/t8-/m0/s1. The van der Waals surface area contributed by atoms with Gasteiger partial charge in [0.2, 0.25) is 5.91 Å². The maximum atomic E-state index is 11.8. The summed E-state index contributed by atoms with van der Waals surface area (Å²) in [5, 5.41) is 3.21. The van der Waals surface area contributed by atoms with Crippen molar-refractivity contribution in [1.82, 2.24) is 16.2 Å². The summed E-state index contributed by atoms with van der Waals surface area (Å²) in [4.78, 5) is 11.8. The summed E-state index contributed by atoms with van der Waals surface area (Å²) in [6, 6.07) is 0. The molecule has 0 aromatic carbocycles. The van der Waals surface area contributed by atoms with E-state index in [0.29, 0.717) is 11.7 Å². The zero-order valence-electron chi connectivity index (χ0n) is 8.77. The Hall–Kier alpha value is -0.140. The molecule has 7 heteroatoms. The molecule has 0 aromatic heterocycles. The third-order valence-electron chi connectivity index (χ3n) is 2.46. The summed E-state index contributed by atoms with van der Waals surface area (Å²) in [6.07, 6.45) is 2.42. The summed E-state index contributed by atoms with van der Waals surface area (Å²) >= 11 is 11.8. The van der Waals surface area contributed by atoms with E-state index in [4.69, 9.17) is 12.2 Å². The number of amides is 1. The molecule has 0 bridgehead atoms. The highest BCUT2D eigenvalue weighted by molar-refractivity contribution is 9.25. The van der Waals surface area contributed by atoms with Crippen LogP contribution in [-0.4, -0.2) is 20.8 Å². The van der Waals surface area contributed by atoms with E-state index >= 15 is 0 Å². The van der Waals surface area contributed by atoms with E-state index in [-0.39, 0.29) is 9.14 Å². The van der Waals surface area contributed by atoms with Crippen LogP contribution in [0.3, 0.4) is 0 Å². The van der Waals surface area contributed by atoms with E-state index < -0.39 is 5.41 Å². The first-order valence-electron chi connectivity index (χ1n) is 4.66. The van der Waals surface area contributed by atoms with Crippen molar-refractivity contribution in [3.63, 3.8) is 0 Å². The van der Waals surface area contributed by atoms with E-state index in [1.54, 1.807) is 6.08 Å². The van der Waals surface area contributed by atoms with Crippen molar-refractivity contribution >= 4 is 55.1 Å². The number of hydrogen-bond donors (Lipinski definition) is 3. The summed E-state index contributed by atoms with van der Waals surface area (Å²) in [6.45, 7) is 5.97. The predicted octanol–water partition coefficient (Wildman–Crippen LogP) is 1.56. The molecule has 0 heterocycles. The van der Waals surface area contributed by atoms with Crippen LogP contribution in [0.25, 0.3) is 0 Å². The second-order valence-electron chi connectivity index (χ2n) is 3.79. The Kier molecular flexibility index (Phi) is 4.36. The van der Waals surface area contributed by atoms with Crippen LogP contribution in [-0.2, 0) is 4.79 Å². The number of thiocarbonyl (C=S) groups is 1. The minimum absolute atomic E-state index is 0.107. The van der Waals surface area contributed by atoms with Crippen molar-refractivity contribution < 1.29 is 4.79 Å². The summed E-state index contributed by atoms with van der Waals surface area (Å²) in [5.41, 5.74) is 4.75. The smallest absolute Gasteiger partial charge is 0.246 e. The lowest BCUT2D eigenvalue weighted by atomic mass is 10.1. The molecule has 0 aromatic rings. The molecule has 1 aliphatic carbocycles. The largest absolute Gasteiger partial charge is 0.358 e. The molecular formula is C9H13Br2N3OS. The molecule has 1 aliphatic rings. The van der Waals surface area contributed by atoms with Gasteiger partial charge < -0.3 is 5.32 Å². The number of carbonyl (C=O) groups excluding carboxylic acids is 1. The lowest BCUT2D eigenvalue weighted by Gasteiger charge is -2.15. The molecule has 0 unspecified atom stereocenters. The SMILES string of the molecule is C=CCNC(=S)NNC(=O)[C@]1(C)CC1(Br)Br. The van der Waals surface area contributed by atoms with Crippen molar-refractivity contribution in [2.75, 3.05) is 6.54 Å². The number of hydrogen-bond acceptors (Lipinski definition) is 2. The summed E-state index contributed by atoms with van der Waals surface area (Å²) in [7, 11) is 0. The fourth-order valence-electron chi connectivity index (χ4n) is 1.11. The van der Waals surface area contributed by atoms with Crippen molar-refractivity contribution in [1.29, 1.82) is 0 Å². The van der Waals surface area contributed by atoms with Crippen LogP contribution >= 0.6 is 44.1 Å². The molecule has 3 N–H and O–H groups in total. The van der Waals surface area contributed by atoms with Crippen LogP contribution in [0.1, 0.15) is 13.3 Å². The molecule has 1 amide bonds. The number of nitrogens with one attached hydrogen (secondary N) is 3. The normalized spacial score (nSPS) is 25.4. The molecule has 1 rings (SSSR count). The zero-order chi connectivity index (χ0) is 12.4. The fourth-order valence-corrected chi connectivity index (χ4v) is 2.72. The highest BCUT2D eigenvalue weighted by atomic mass is 79.9. The molecule has 0 spiro atoms. The highest BCUT2D eigenvalue weighted by Crippen LogP contribution is 2.66. The van der Waals surface area contributed by atoms with Crippen LogP contribution < -0.4 is 16.2 Å². The molecule has 0 radical (unpaired) electrons. The Morgan fingerprint density at radius 2 is 2.12 bits per heavy atom. The minimum Gasteiger partial charge on any atom is -0.358 e. The first-order chi connectivity index (χ1) is 7.33. The van der Waals surface area contributed by atoms with Crippen LogP contribution in [0.4, 0.5) is 0 Å². The molecule has 4 nitrogen and oxygen atoms in total. The van der Waals surface area contributed by atoms with Crippen LogP contribution in [0.15, 0.2) is 12.7 Å². The van der Waals surface area contributed by atoms with E-state index in [0.717, 1.165) is 6.42 Å². The van der Waals surface area contributed by atoms with Crippen molar-refractivity contribution in [2.45, 2.75) is 16.6 Å². The Morgan fingerprint density at radius 1 is 1.56 bits per heavy atom. The molecule has 0 aliphatic heterocycles. The third-order valence-corrected chi connectivity index (χ3v) is 5.01. The molecule has 90 valence electrons. The Bertz CT molecular complexity index is 335. The second-order valence-corrected chi connectivity index (χ2v) is 7.97. The van der Waals surface area contributed by atoms with Gasteiger partial charge in [-0.25, -0.2) is 0 Å². The summed E-state index contributed by atoms with van der Waals surface area (Å²) in [5.74, 6) is -0.107. The fraction of sp³-hybridized carbons (Fsp3) is 0.556. The summed E-state index contributed by atoms with van der Waals surface area (Å²) < 4.78 is -0.297. The third kappa shape index (κ3) is 2.95. The molecule has 1 fully saturated rings. The van der Waals surface area contributed by atoms with E-state index in [1.165, 1.54) is 0 Å². The van der Waals surface area contributed by atoms with Crippen molar-refractivity contribution in [2.24, 2.45) is 5.41 Å². The quantitative estimate of drug-likeness (QED) is 0.305. The highest BCUT2D eigenvalue weighted by Gasteiger charge is 2.66. The lowest BCUT2D eigenvalue weighted by Crippen LogP contribution is -2.49. The Morgan fingerprint density at radius 3 is 2.56 bits per heavy atom. The first kappa shape index (κ1) is 13.9. The monoisotopic (exact) mass is 369 g/mol. The van der Waals surface area contributed by atoms with Gasteiger partial charge in [-0.3, -0.25) is 15.6 Å². The molecule has 1 saturated carbocycles. The van der Waals surface area contributed by atoms with Gasteiger partial charge in [-0.15, -0.1) is 6.58 Å². The van der Waals surface area contributed by atoms with Gasteiger partial charge in [-0.2, -0.15) is 0 Å². The van der Waals surface area contributed by atoms with Crippen molar-refractivity contribution in [3.05, 3.63) is 12.7 Å². The van der Waals surface area contributed by atoms with Crippen LogP contribution in [0, 0.1) is 5.41 Å². The van der Waals surface area contributed by atoms with Gasteiger partial charge in [0.1, 0.15) is 0 Å². The van der Waals surface area contributed by atoms with Gasteiger partial charge in [0, 0.05) is 6.54 Å².